The van der Waals surface area contributed by atoms with Gasteiger partial charge in [-0.05, 0) is 24.0 Å². The molecular formula is C11H14ClN5O. The summed E-state index contributed by atoms with van der Waals surface area (Å²) in [5.41, 5.74) is 1.20. The maximum absolute atomic E-state index is 6.01. The number of hydrogen-bond acceptors (Lipinski definition) is 5. The standard InChI is InChI=1S/C11H14ClN5O/c1-3-7-6(2)4-8(18-7)17-5-13-9-10(12)14-16-15-11(9)17/h5-8H,3-4H2,1-2H3/t6?,7-,8-/m1/s1. The Morgan fingerprint density at radius 2 is 2.33 bits per heavy atom. The van der Waals surface area contributed by atoms with Gasteiger partial charge in [0.2, 0.25) is 0 Å². The molecule has 0 aromatic carbocycles. The summed E-state index contributed by atoms with van der Waals surface area (Å²) in [4.78, 5) is 4.22. The molecule has 0 saturated carbocycles. The number of rotatable bonds is 2. The maximum Gasteiger partial charge on any atom is 0.189 e. The largest absolute Gasteiger partial charge is 0.354 e. The normalized spacial score (nSPS) is 28.1. The molecule has 3 heterocycles. The van der Waals surface area contributed by atoms with Gasteiger partial charge in [0.1, 0.15) is 11.7 Å². The quantitative estimate of drug-likeness (QED) is 0.835. The highest BCUT2D eigenvalue weighted by atomic mass is 35.5. The van der Waals surface area contributed by atoms with Crippen LogP contribution < -0.4 is 0 Å². The van der Waals surface area contributed by atoms with E-state index >= 15 is 0 Å². The van der Waals surface area contributed by atoms with E-state index in [-0.39, 0.29) is 17.5 Å². The van der Waals surface area contributed by atoms with E-state index in [0.717, 1.165) is 12.8 Å². The van der Waals surface area contributed by atoms with Crippen LogP contribution in [0.4, 0.5) is 0 Å². The second-order valence-electron chi connectivity index (χ2n) is 4.65. The first kappa shape index (κ1) is 11.8. The number of aromatic nitrogens is 5. The number of hydrogen-bond donors (Lipinski definition) is 0. The Labute approximate surface area is 109 Å². The van der Waals surface area contributed by atoms with E-state index in [1.807, 2.05) is 4.57 Å². The molecule has 6 nitrogen and oxygen atoms in total. The Balaban J connectivity index is 1.99. The van der Waals surface area contributed by atoms with E-state index in [4.69, 9.17) is 16.3 Å². The van der Waals surface area contributed by atoms with Gasteiger partial charge in [0, 0.05) is 0 Å². The van der Waals surface area contributed by atoms with Gasteiger partial charge < -0.3 is 4.74 Å². The van der Waals surface area contributed by atoms with Gasteiger partial charge in [-0.3, -0.25) is 4.57 Å². The van der Waals surface area contributed by atoms with Crippen molar-refractivity contribution < 1.29 is 4.74 Å². The van der Waals surface area contributed by atoms with Gasteiger partial charge in [0.05, 0.1) is 12.4 Å². The van der Waals surface area contributed by atoms with Crippen LogP contribution in [0.15, 0.2) is 6.33 Å². The van der Waals surface area contributed by atoms with Crippen LogP contribution >= 0.6 is 11.6 Å². The zero-order chi connectivity index (χ0) is 12.7. The number of fused-ring (bicyclic) bond motifs is 1. The van der Waals surface area contributed by atoms with Crippen molar-refractivity contribution >= 4 is 22.8 Å². The summed E-state index contributed by atoms with van der Waals surface area (Å²) in [6.07, 6.45) is 3.91. The molecule has 1 unspecified atom stereocenters. The minimum atomic E-state index is -0.0392. The molecule has 2 aromatic rings. The zero-order valence-corrected chi connectivity index (χ0v) is 11.0. The summed E-state index contributed by atoms with van der Waals surface area (Å²) in [6, 6.07) is 0. The van der Waals surface area contributed by atoms with E-state index in [0.29, 0.717) is 17.1 Å². The van der Waals surface area contributed by atoms with Crippen molar-refractivity contribution in [1.29, 1.82) is 0 Å². The highest BCUT2D eigenvalue weighted by molar-refractivity contribution is 6.33. The molecule has 0 N–H and O–H groups in total. The van der Waals surface area contributed by atoms with Crippen LogP contribution in [-0.4, -0.2) is 31.1 Å². The fraction of sp³-hybridized carbons (Fsp3) is 0.636. The third kappa shape index (κ3) is 1.76. The topological polar surface area (TPSA) is 65.7 Å². The third-order valence-electron chi connectivity index (χ3n) is 3.49. The molecule has 1 saturated heterocycles. The summed E-state index contributed by atoms with van der Waals surface area (Å²) in [7, 11) is 0. The summed E-state index contributed by atoms with van der Waals surface area (Å²) >= 11 is 5.93. The first-order valence-electron chi connectivity index (χ1n) is 6.07. The molecule has 0 bridgehead atoms. The highest BCUT2D eigenvalue weighted by Gasteiger charge is 2.33. The maximum atomic E-state index is 6.01. The van der Waals surface area contributed by atoms with Crippen molar-refractivity contribution in [2.24, 2.45) is 5.92 Å². The number of nitrogens with zero attached hydrogens (tertiary/aromatic N) is 5. The molecule has 18 heavy (non-hydrogen) atoms. The van der Waals surface area contributed by atoms with Crippen LogP contribution in [0.3, 0.4) is 0 Å². The third-order valence-corrected chi connectivity index (χ3v) is 3.74. The lowest BCUT2D eigenvalue weighted by molar-refractivity contribution is -0.00310. The molecule has 2 aromatic heterocycles. The summed E-state index contributed by atoms with van der Waals surface area (Å²) in [6.45, 7) is 4.34. The van der Waals surface area contributed by atoms with E-state index < -0.39 is 0 Å². The Morgan fingerprint density at radius 3 is 3.06 bits per heavy atom. The minimum absolute atomic E-state index is 0.0392. The highest BCUT2D eigenvalue weighted by Crippen LogP contribution is 2.36. The minimum Gasteiger partial charge on any atom is -0.354 e. The molecular weight excluding hydrogens is 254 g/mol. The smallest absolute Gasteiger partial charge is 0.189 e. The van der Waals surface area contributed by atoms with E-state index in [2.05, 4.69) is 34.2 Å². The molecule has 96 valence electrons. The molecule has 3 atom stereocenters. The SMILES string of the molecule is CC[C@H]1O[C@@H](n2cnc3c(Cl)nnnc32)CC1C. The first-order chi connectivity index (χ1) is 8.70. The van der Waals surface area contributed by atoms with Gasteiger partial charge in [-0.2, -0.15) is 0 Å². The monoisotopic (exact) mass is 267 g/mol. The van der Waals surface area contributed by atoms with Crippen molar-refractivity contribution in [3.05, 3.63) is 11.5 Å². The molecule has 0 amide bonds. The van der Waals surface area contributed by atoms with Crippen molar-refractivity contribution in [2.75, 3.05) is 0 Å². The van der Waals surface area contributed by atoms with Crippen LogP contribution in [0.1, 0.15) is 32.9 Å². The lowest BCUT2D eigenvalue weighted by atomic mass is 10.0. The molecule has 0 radical (unpaired) electrons. The zero-order valence-electron chi connectivity index (χ0n) is 10.2. The average Bonchev–Trinajstić information content (AvgIpc) is 2.93. The lowest BCUT2D eigenvalue weighted by Gasteiger charge is -2.14. The number of imidazole rings is 1. The van der Waals surface area contributed by atoms with Crippen LogP contribution in [-0.2, 0) is 4.74 Å². The second kappa shape index (κ2) is 4.44. The lowest BCUT2D eigenvalue weighted by Crippen LogP contribution is -2.12. The molecule has 0 aliphatic carbocycles. The van der Waals surface area contributed by atoms with Gasteiger partial charge in [0.15, 0.2) is 10.8 Å². The van der Waals surface area contributed by atoms with Crippen molar-refractivity contribution in [1.82, 2.24) is 25.0 Å². The van der Waals surface area contributed by atoms with Crippen molar-refractivity contribution in [3.63, 3.8) is 0 Å². The van der Waals surface area contributed by atoms with Crippen LogP contribution in [0.2, 0.25) is 5.15 Å². The van der Waals surface area contributed by atoms with Crippen molar-refractivity contribution in [3.8, 4) is 0 Å². The molecule has 3 rings (SSSR count). The van der Waals surface area contributed by atoms with Gasteiger partial charge in [-0.25, -0.2) is 4.98 Å². The predicted molar refractivity (Wildman–Crippen MR) is 66.1 cm³/mol. The number of halogens is 1. The van der Waals surface area contributed by atoms with Crippen LogP contribution in [0, 0.1) is 5.92 Å². The average molecular weight is 268 g/mol. The Hall–Kier alpha value is -1.27. The van der Waals surface area contributed by atoms with Gasteiger partial charge >= 0.3 is 0 Å². The Kier molecular flexibility index (Phi) is 2.91. The van der Waals surface area contributed by atoms with Gasteiger partial charge in [-0.1, -0.05) is 25.4 Å². The molecule has 1 fully saturated rings. The second-order valence-corrected chi connectivity index (χ2v) is 5.01. The summed E-state index contributed by atoms with van der Waals surface area (Å²) < 4.78 is 7.90. The predicted octanol–water partition coefficient (Wildman–Crippen LogP) is 2.21. The molecule has 1 aliphatic heterocycles. The Bertz CT molecular complexity index is 572. The van der Waals surface area contributed by atoms with Crippen LogP contribution in [0.5, 0.6) is 0 Å². The number of ether oxygens (including phenoxy) is 1. The van der Waals surface area contributed by atoms with E-state index in [1.165, 1.54) is 0 Å². The molecule has 1 aliphatic rings. The Morgan fingerprint density at radius 1 is 1.50 bits per heavy atom. The summed E-state index contributed by atoms with van der Waals surface area (Å²) in [5.74, 6) is 0.530. The first-order valence-corrected chi connectivity index (χ1v) is 6.45. The fourth-order valence-corrected chi connectivity index (χ4v) is 2.67. The van der Waals surface area contributed by atoms with Gasteiger partial charge in [0.25, 0.3) is 0 Å². The molecule has 0 spiro atoms. The fourth-order valence-electron chi connectivity index (χ4n) is 2.50. The molecule has 7 heteroatoms. The van der Waals surface area contributed by atoms with Gasteiger partial charge in [-0.15, -0.1) is 10.2 Å². The van der Waals surface area contributed by atoms with E-state index in [1.54, 1.807) is 6.33 Å². The van der Waals surface area contributed by atoms with E-state index in [9.17, 15) is 0 Å². The van der Waals surface area contributed by atoms with Crippen LogP contribution in [0.25, 0.3) is 11.2 Å². The summed E-state index contributed by atoms with van der Waals surface area (Å²) in [5, 5.41) is 11.6. The van der Waals surface area contributed by atoms with Crippen molar-refractivity contribution in [2.45, 2.75) is 39.0 Å².